The standard InChI is InChI=1S/C23H25N3O3/c1-26-21(28)23(25-22(26)29)13-7-11-18(23)15-24-20(27)19-12-6-5-10-17(19)14-16-8-3-2-4-9-16/h2-6,8-10,12,18H,7,11,13-15H2,1H3,(H,24,27)(H,25,29)/t18-,23-/m0/s1. The fourth-order valence-electron chi connectivity index (χ4n) is 4.54. The number of urea groups is 1. The van der Waals surface area contributed by atoms with Crippen LogP contribution in [0.2, 0.25) is 0 Å². The predicted octanol–water partition coefficient (Wildman–Crippen LogP) is 2.73. The largest absolute Gasteiger partial charge is 0.352 e. The Morgan fingerprint density at radius 1 is 1.14 bits per heavy atom. The van der Waals surface area contributed by atoms with Crippen LogP contribution in [0, 0.1) is 5.92 Å². The lowest BCUT2D eigenvalue weighted by Crippen LogP contribution is -2.53. The van der Waals surface area contributed by atoms with Gasteiger partial charge >= 0.3 is 6.03 Å². The molecular formula is C23H25N3O3. The van der Waals surface area contributed by atoms with E-state index >= 15 is 0 Å². The number of nitrogens with one attached hydrogen (secondary N) is 2. The molecule has 1 aliphatic carbocycles. The molecule has 1 aliphatic heterocycles. The maximum Gasteiger partial charge on any atom is 0.324 e. The van der Waals surface area contributed by atoms with Crippen LogP contribution in [0.4, 0.5) is 4.79 Å². The zero-order valence-electron chi connectivity index (χ0n) is 16.5. The summed E-state index contributed by atoms with van der Waals surface area (Å²) in [7, 11) is 1.50. The van der Waals surface area contributed by atoms with Crippen molar-refractivity contribution >= 4 is 17.8 Å². The molecule has 6 nitrogen and oxygen atoms in total. The molecule has 150 valence electrons. The number of nitrogens with zero attached hydrogens (tertiary/aromatic N) is 1. The molecule has 4 rings (SSSR count). The van der Waals surface area contributed by atoms with Gasteiger partial charge in [-0.15, -0.1) is 0 Å². The molecule has 1 saturated carbocycles. The van der Waals surface area contributed by atoms with Gasteiger partial charge in [0.15, 0.2) is 0 Å². The summed E-state index contributed by atoms with van der Waals surface area (Å²) in [6.07, 6.45) is 2.95. The molecule has 1 spiro atoms. The highest BCUT2D eigenvalue weighted by Gasteiger charge is 2.56. The Morgan fingerprint density at radius 3 is 2.59 bits per heavy atom. The van der Waals surface area contributed by atoms with E-state index in [1.54, 1.807) is 0 Å². The third-order valence-corrected chi connectivity index (χ3v) is 6.15. The van der Waals surface area contributed by atoms with E-state index in [9.17, 15) is 14.4 Å². The molecular weight excluding hydrogens is 366 g/mol. The second-order valence-corrected chi connectivity index (χ2v) is 7.88. The van der Waals surface area contributed by atoms with Gasteiger partial charge < -0.3 is 10.6 Å². The van der Waals surface area contributed by atoms with Crippen molar-refractivity contribution in [3.63, 3.8) is 0 Å². The van der Waals surface area contributed by atoms with Crippen molar-refractivity contribution in [2.24, 2.45) is 5.92 Å². The lowest BCUT2D eigenvalue weighted by Gasteiger charge is -2.28. The first kappa shape index (κ1) is 19.2. The van der Waals surface area contributed by atoms with E-state index in [0.717, 1.165) is 28.9 Å². The van der Waals surface area contributed by atoms with Gasteiger partial charge in [0.25, 0.3) is 11.8 Å². The maximum absolute atomic E-state index is 12.9. The fourth-order valence-corrected chi connectivity index (χ4v) is 4.54. The van der Waals surface area contributed by atoms with E-state index < -0.39 is 5.54 Å². The minimum absolute atomic E-state index is 0.103. The SMILES string of the molecule is CN1C(=O)N[C@]2(CCC[C@H]2CNC(=O)c2ccccc2Cc2ccccc2)C1=O. The summed E-state index contributed by atoms with van der Waals surface area (Å²) in [5.41, 5.74) is 1.87. The predicted molar refractivity (Wildman–Crippen MR) is 109 cm³/mol. The Morgan fingerprint density at radius 2 is 1.86 bits per heavy atom. The number of hydrogen-bond acceptors (Lipinski definition) is 3. The van der Waals surface area contributed by atoms with Crippen LogP contribution in [-0.4, -0.2) is 41.9 Å². The van der Waals surface area contributed by atoms with Crippen LogP contribution in [0.5, 0.6) is 0 Å². The van der Waals surface area contributed by atoms with E-state index in [0.29, 0.717) is 24.9 Å². The number of imide groups is 1. The molecule has 1 saturated heterocycles. The topological polar surface area (TPSA) is 78.5 Å². The van der Waals surface area contributed by atoms with Gasteiger partial charge in [0, 0.05) is 25.1 Å². The van der Waals surface area contributed by atoms with Crippen LogP contribution < -0.4 is 10.6 Å². The van der Waals surface area contributed by atoms with Gasteiger partial charge in [-0.05, 0) is 36.5 Å². The second kappa shape index (κ2) is 7.70. The Hall–Kier alpha value is -3.15. The molecule has 0 aromatic heterocycles. The Kier molecular flexibility index (Phi) is 5.09. The summed E-state index contributed by atoms with van der Waals surface area (Å²) in [5, 5.41) is 5.88. The van der Waals surface area contributed by atoms with Crippen LogP contribution in [0.1, 0.15) is 40.7 Å². The average Bonchev–Trinajstić information content (AvgIpc) is 3.24. The number of benzene rings is 2. The second-order valence-electron chi connectivity index (χ2n) is 7.88. The van der Waals surface area contributed by atoms with E-state index in [4.69, 9.17) is 0 Å². The smallest absolute Gasteiger partial charge is 0.324 e. The first-order chi connectivity index (χ1) is 14.0. The number of carbonyl (C=O) groups excluding carboxylic acids is 3. The molecule has 2 fully saturated rings. The van der Waals surface area contributed by atoms with Crippen molar-refractivity contribution < 1.29 is 14.4 Å². The van der Waals surface area contributed by atoms with Crippen molar-refractivity contribution in [3.8, 4) is 0 Å². The van der Waals surface area contributed by atoms with Gasteiger partial charge in [0.05, 0.1) is 0 Å². The van der Waals surface area contributed by atoms with E-state index in [1.165, 1.54) is 7.05 Å². The fraction of sp³-hybridized carbons (Fsp3) is 0.348. The Balaban J connectivity index is 1.47. The van der Waals surface area contributed by atoms with E-state index in [2.05, 4.69) is 10.6 Å². The maximum atomic E-state index is 12.9. The minimum Gasteiger partial charge on any atom is -0.352 e. The first-order valence-electron chi connectivity index (χ1n) is 10.0. The molecule has 6 heteroatoms. The van der Waals surface area contributed by atoms with Gasteiger partial charge in [-0.25, -0.2) is 4.79 Å². The summed E-state index contributed by atoms with van der Waals surface area (Å²) in [6, 6.07) is 17.3. The van der Waals surface area contributed by atoms with Crippen molar-refractivity contribution in [2.75, 3.05) is 13.6 Å². The highest BCUT2D eigenvalue weighted by molar-refractivity contribution is 6.07. The third-order valence-electron chi connectivity index (χ3n) is 6.15. The summed E-state index contributed by atoms with van der Waals surface area (Å²) >= 11 is 0. The molecule has 4 amide bonds. The number of hydrogen-bond donors (Lipinski definition) is 2. The van der Waals surface area contributed by atoms with E-state index in [1.807, 2.05) is 54.6 Å². The quantitative estimate of drug-likeness (QED) is 0.770. The average molecular weight is 391 g/mol. The molecule has 2 aliphatic rings. The molecule has 2 aromatic rings. The van der Waals surface area contributed by atoms with Gasteiger partial charge in [-0.2, -0.15) is 0 Å². The molecule has 0 unspecified atom stereocenters. The highest BCUT2D eigenvalue weighted by Crippen LogP contribution is 2.39. The summed E-state index contributed by atoms with van der Waals surface area (Å²) in [6.45, 7) is 0.359. The van der Waals surface area contributed by atoms with Crippen LogP contribution in [0.3, 0.4) is 0 Å². The summed E-state index contributed by atoms with van der Waals surface area (Å²) in [5.74, 6) is -0.443. The molecule has 29 heavy (non-hydrogen) atoms. The monoisotopic (exact) mass is 391 g/mol. The molecule has 2 N–H and O–H groups in total. The van der Waals surface area contributed by atoms with Crippen LogP contribution >= 0.6 is 0 Å². The Labute approximate surface area is 170 Å². The molecule has 0 radical (unpaired) electrons. The molecule has 2 aromatic carbocycles. The van der Waals surface area contributed by atoms with Crippen molar-refractivity contribution in [3.05, 3.63) is 71.3 Å². The van der Waals surface area contributed by atoms with Gasteiger partial charge in [0.2, 0.25) is 0 Å². The van der Waals surface area contributed by atoms with Crippen molar-refractivity contribution in [1.29, 1.82) is 0 Å². The normalized spacial score (nSPS) is 23.5. The zero-order chi connectivity index (χ0) is 20.4. The summed E-state index contributed by atoms with van der Waals surface area (Å²) in [4.78, 5) is 38.7. The lowest BCUT2D eigenvalue weighted by molar-refractivity contribution is -0.131. The van der Waals surface area contributed by atoms with Gasteiger partial charge in [-0.1, -0.05) is 55.0 Å². The molecule has 2 atom stereocenters. The van der Waals surface area contributed by atoms with Crippen molar-refractivity contribution in [2.45, 2.75) is 31.2 Å². The van der Waals surface area contributed by atoms with Crippen LogP contribution in [-0.2, 0) is 11.2 Å². The van der Waals surface area contributed by atoms with E-state index in [-0.39, 0.29) is 23.8 Å². The van der Waals surface area contributed by atoms with Crippen molar-refractivity contribution in [1.82, 2.24) is 15.5 Å². The van der Waals surface area contributed by atoms with Gasteiger partial charge in [0.1, 0.15) is 5.54 Å². The number of likely N-dealkylation sites (N-methyl/N-ethyl adjacent to an activating group) is 1. The first-order valence-corrected chi connectivity index (χ1v) is 10.0. The number of carbonyl (C=O) groups is 3. The summed E-state index contributed by atoms with van der Waals surface area (Å²) < 4.78 is 0. The molecule has 1 heterocycles. The number of rotatable bonds is 5. The molecule has 0 bridgehead atoms. The third kappa shape index (κ3) is 3.50. The van der Waals surface area contributed by atoms with Gasteiger partial charge in [-0.3, -0.25) is 14.5 Å². The Bertz CT molecular complexity index is 943. The minimum atomic E-state index is -0.872. The van der Waals surface area contributed by atoms with Crippen LogP contribution in [0.25, 0.3) is 0 Å². The lowest BCUT2D eigenvalue weighted by atomic mass is 9.86. The highest BCUT2D eigenvalue weighted by atomic mass is 16.2. The number of amides is 4. The van der Waals surface area contributed by atoms with Crippen LogP contribution in [0.15, 0.2) is 54.6 Å². The zero-order valence-corrected chi connectivity index (χ0v) is 16.5.